The molecule has 2 rings (SSSR count). The van der Waals surface area contributed by atoms with Gasteiger partial charge >= 0.3 is 0 Å². The van der Waals surface area contributed by atoms with E-state index in [-0.39, 0.29) is 5.91 Å². The number of hydrogen-bond acceptors (Lipinski definition) is 4. The molecule has 0 radical (unpaired) electrons. The minimum absolute atomic E-state index is 0.0727. The van der Waals surface area contributed by atoms with Gasteiger partial charge in [-0.3, -0.25) is 9.89 Å². The molecule has 0 bridgehead atoms. The maximum atomic E-state index is 12.4. The minimum atomic E-state index is -0.0727. The zero-order valence-corrected chi connectivity index (χ0v) is 12.6. The molecule has 1 aromatic rings. The fourth-order valence-electron chi connectivity index (χ4n) is 2.81. The Hall–Kier alpha value is -1.43. The van der Waals surface area contributed by atoms with Gasteiger partial charge in [0.05, 0.1) is 0 Å². The number of aromatic nitrogens is 3. The van der Waals surface area contributed by atoms with Crippen LogP contribution in [0.4, 0.5) is 0 Å². The van der Waals surface area contributed by atoms with Crippen LogP contribution in [-0.2, 0) is 6.42 Å². The SMILES string of the molecule is CCCc1nc(C(=O)N(C)C2CCC(NC)CC2)n[nH]1. The molecule has 20 heavy (non-hydrogen) atoms. The maximum Gasteiger partial charge on any atom is 0.293 e. The van der Waals surface area contributed by atoms with E-state index in [4.69, 9.17) is 0 Å². The Kier molecular flexibility index (Phi) is 5.11. The summed E-state index contributed by atoms with van der Waals surface area (Å²) < 4.78 is 0. The van der Waals surface area contributed by atoms with Crippen LogP contribution in [0.25, 0.3) is 0 Å². The van der Waals surface area contributed by atoms with E-state index in [1.54, 1.807) is 0 Å². The molecule has 6 heteroatoms. The van der Waals surface area contributed by atoms with Gasteiger partial charge in [0, 0.05) is 25.6 Å². The summed E-state index contributed by atoms with van der Waals surface area (Å²) in [5, 5.41) is 10.2. The first-order valence-electron chi connectivity index (χ1n) is 7.51. The zero-order chi connectivity index (χ0) is 14.5. The van der Waals surface area contributed by atoms with Crippen LogP contribution in [0.15, 0.2) is 0 Å². The second-order valence-corrected chi connectivity index (χ2v) is 5.57. The molecule has 0 atom stereocenters. The number of carbonyl (C=O) groups is 1. The predicted molar refractivity (Wildman–Crippen MR) is 77.6 cm³/mol. The zero-order valence-electron chi connectivity index (χ0n) is 12.6. The van der Waals surface area contributed by atoms with Gasteiger partial charge in [0.15, 0.2) is 0 Å². The van der Waals surface area contributed by atoms with E-state index < -0.39 is 0 Å². The van der Waals surface area contributed by atoms with Crippen molar-refractivity contribution in [3.63, 3.8) is 0 Å². The van der Waals surface area contributed by atoms with Crippen LogP contribution in [0.5, 0.6) is 0 Å². The second kappa shape index (κ2) is 6.83. The molecule has 0 saturated heterocycles. The van der Waals surface area contributed by atoms with Gasteiger partial charge in [0.2, 0.25) is 5.82 Å². The molecule has 1 fully saturated rings. The molecule has 1 aliphatic rings. The van der Waals surface area contributed by atoms with Gasteiger partial charge in [-0.15, -0.1) is 5.10 Å². The second-order valence-electron chi connectivity index (χ2n) is 5.57. The van der Waals surface area contributed by atoms with Crippen molar-refractivity contribution in [1.82, 2.24) is 25.4 Å². The summed E-state index contributed by atoms with van der Waals surface area (Å²) in [7, 11) is 3.87. The molecule has 0 aromatic carbocycles. The number of aryl methyl sites for hydroxylation is 1. The highest BCUT2D eigenvalue weighted by Gasteiger charge is 2.28. The molecule has 0 aliphatic heterocycles. The lowest BCUT2D eigenvalue weighted by Crippen LogP contribution is -2.42. The molecule has 2 N–H and O–H groups in total. The Labute approximate surface area is 120 Å². The highest BCUT2D eigenvalue weighted by atomic mass is 16.2. The molecule has 1 amide bonds. The van der Waals surface area contributed by atoms with Crippen molar-refractivity contribution in [1.29, 1.82) is 0 Å². The van der Waals surface area contributed by atoms with Gasteiger partial charge in [-0.2, -0.15) is 0 Å². The molecular formula is C14H25N5O. The highest BCUT2D eigenvalue weighted by molar-refractivity contribution is 5.90. The van der Waals surface area contributed by atoms with E-state index in [0.29, 0.717) is 17.9 Å². The van der Waals surface area contributed by atoms with E-state index in [1.165, 1.54) is 0 Å². The number of H-pyrrole nitrogens is 1. The lowest BCUT2D eigenvalue weighted by Gasteiger charge is -2.34. The van der Waals surface area contributed by atoms with Crippen LogP contribution in [-0.4, -0.2) is 52.2 Å². The number of amides is 1. The summed E-state index contributed by atoms with van der Waals surface area (Å²) in [6, 6.07) is 0.898. The fourth-order valence-corrected chi connectivity index (χ4v) is 2.81. The summed E-state index contributed by atoms with van der Waals surface area (Å²) in [4.78, 5) is 18.5. The predicted octanol–water partition coefficient (Wildman–Crippen LogP) is 1.36. The van der Waals surface area contributed by atoms with Crippen molar-refractivity contribution < 1.29 is 4.79 Å². The van der Waals surface area contributed by atoms with E-state index in [1.807, 2.05) is 19.0 Å². The normalized spacial score (nSPS) is 22.8. The molecular weight excluding hydrogens is 254 g/mol. The molecule has 1 aromatic heterocycles. The molecule has 0 unspecified atom stereocenters. The van der Waals surface area contributed by atoms with Crippen LogP contribution < -0.4 is 5.32 Å². The quantitative estimate of drug-likeness (QED) is 0.853. The average Bonchev–Trinajstić information content (AvgIpc) is 2.95. The van der Waals surface area contributed by atoms with Gasteiger partial charge in [0.1, 0.15) is 5.82 Å². The number of rotatable bonds is 5. The minimum Gasteiger partial charge on any atom is -0.336 e. The van der Waals surface area contributed by atoms with E-state index in [0.717, 1.165) is 44.3 Å². The van der Waals surface area contributed by atoms with Crippen LogP contribution in [0, 0.1) is 0 Å². The molecule has 0 spiro atoms. The highest BCUT2D eigenvalue weighted by Crippen LogP contribution is 2.22. The van der Waals surface area contributed by atoms with Crippen molar-refractivity contribution in [3.8, 4) is 0 Å². The number of hydrogen-bond donors (Lipinski definition) is 2. The Balaban J connectivity index is 1.94. The van der Waals surface area contributed by atoms with Gasteiger partial charge in [-0.25, -0.2) is 4.98 Å². The van der Waals surface area contributed by atoms with Gasteiger partial charge in [-0.1, -0.05) is 6.92 Å². The Morgan fingerprint density at radius 3 is 2.70 bits per heavy atom. The Bertz CT molecular complexity index is 437. The molecule has 1 aliphatic carbocycles. The fraction of sp³-hybridized carbons (Fsp3) is 0.786. The Morgan fingerprint density at radius 1 is 1.40 bits per heavy atom. The largest absolute Gasteiger partial charge is 0.336 e. The standard InChI is InChI=1S/C14H25N5O/c1-4-5-12-16-13(18-17-12)14(20)19(3)11-8-6-10(15-2)7-9-11/h10-11,15H,4-9H2,1-3H3,(H,16,17,18). The van der Waals surface area contributed by atoms with E-state index in [2.05, 4.69) is 27.4 Å². The van der Waals surface area contributed by atoms with Crippen LogP contribution in [0.1, 0.15) is 55.5 Å². The summed E-state index contributed by atoms with van der Waals surface area (Å²) in [6.45, 7) is 2.08. The summed E-state index contributed by atoms with van der Waals surface area (Å²) in [5.41, 5.74) is 0. The lowest BCUT2D eigenvalue weighted by atomic mass is 9.90. The van der Waals surface area contributed by atoms with Gasteiger partial charge in [-0.05, 0) is 39.2 Å². The molecule has 6 nitrogen and oxygen atoms in total. The number of nitrogens with one attached hydrogen (secondary N) is 2. The third-order valence-corrected chi connectivity index (χ3v) is 4.18. The van der Waals surface area contributed by atoms with Crippen molar-refractivity contribution in [2.24, 2.45) is 0 Å². The van der Waals surface area contributed by atoms with Crippen molar-refractivity contribution in [2.75, 3.05) is 14.1 Å². The Morgan fingerprint density at radius 2 is 2.10 bits per heavy atom. The third-order valence-electron chi connectivity index (χ3n) is 4.18. The number of aromatic amines is 1. The smallest absolute Gasteiger partial charge is 0.293 e. The molecule has 1 heterocycles. The number of carbonyl (C=O) groups excluding carboxylic acids is 1. The van der Waals surface area contributed by atoms with Crippen LogP contribution in [0.3, 0.4) is 0 Å². The van der Waals surface area contributed by atoms with Gasteiger partial charge < -0.3 is 10.2 Å². The topological polar surface area (TPSA) is 73.9 Å². The molecule has 1 saturated carbocycles. The van der Waals surface area contributed by atoms with Crippen LogP contribution in [0.2, 0.25) is 0 Å². The first-order chi connectivity index (χ1) is 9.65. The van der Waals surface area contributed by atoms with Crippen molar-refractivity contribution in [3.05, 3.63) is 11.6 Å². The van der Waals surface area contributed by atoms with Crippen molar-refractivity contribution in [2.45, 2.75) is 57.5 Å². The number of nitrogens with zero attached hydrogens (tertiary/aromatic N) is 3. The summed E-state index contributed by atoms with van der Waals surface area (Å²) in [6.07, 6.45) is 6.14. The van der Waals surface area contributed by atoms with Crippen LogP contribution >= 0.6 is 0 Å². The first-order valence-corrected chi connectivity index (χ1v) is 7.51. The maximum absolute atomic E-state index is 12.4. The van der Waals surface area contributed by atoms with Crippen molar-refractivity contribution >= 4 is 5.91 Å². The summed E-state index contributed by atoms with van der Waals surface area (Å²) in [5.74, 6) is 1.02. The van der Waals surface area contributed by atoms with Gasteiger partial charge in [0.25, 0.3) is 5.91 Å². The molecule has 112 valence electrons. The lowest BCUT2D eigenvalue weighted by molar-refractivity contribution is 0.0673. The third kappa shape index (κ3) is 3.36. The van der Waals surface area contributed by atoms with E-state index >= 15 is 0 Å². The summed E-state index contributed by atoms with van der Waals surface area (Å²) >= 11 is 0. The first kappa shape index (κ1) is 15.0. The van der Waals surface area contributed by atoms with E-state index in [9.17, 15) is 4.79 Å². The monoisotopic (exact) mass is 279 g/mol. The average molecular weight is 279 g/mol.